The Labute approximate surface area is 178 Å². The van der Waals surface area contributed by atoms with Crippen LogP contribution in [0, 0.1) is 11.8 Å². The molecular formula is C20H25F2N7O2. The van der Waals surface area contributed by atoms with E-state index in [1.54, 1.807) is 13.0 Å². The third-order valence-corrected chi connectivity index (χ3v) is 4.87. The molecule has 9 nitrogen and oxygen atoms in total. The van der Waals surface area contributed by atoms with Crippen LogP contribution in [0.15, 0.2) is 24.4 Å². The summed E-state index contributed by atoms with van der Waals surface area (Å²) < 4.78 is 28.6. The third kappa shape index (κ3) is 5.63. The van der Waals surface area contributed by atoms with Gasteiger partial charge in [-0.1, -0.05) is 0 Å². The Morgan fingerprint density at radius 3 is 2.52 bits per heavy atom. The number of anilines is 2. The predicted molar refractivity (Wildman–Crippen MR) is 112 cm³/mol. The second-order valence-electron chi connectivity index (χ2n) is 7.01. The summed E-state index contributed by atoms with van der Waals surface area (Å²) in [7, 11) is 1.46. The number of amides is 3. The van der Waals surface area contributed by atoms with Crippen molar-refractivity contribution in [3.63, 3.8) is 0 Å². The van der Waals surface area contributed by atoms with Gasteiger partial charge in [-0.15, -0.1) is 0 Å². The fraction of sp³-hybridized carbons (Fsp3) is 0.400. The molecule has 2 aromatic heterocycles. The average molecular weight is 433 g/mol. The lowest BCUT2D eigenvalue weighted by Gasteiger charge is -2.36. The zero-order chi connectivity index (χ0) is 22.4. The molecule has 166 valence electrons. The quantitative estimate of drug-likeness (QED) is 0.598. The standard InChI is InChI=1S/C20H25F2N7O2/c1-3-24-20(31)27-18-14(21)10-13(11-25-18)12-28-6-8-29(9-7-28)16-5-4-15(19(30)23-2)26-17(16)22/h4-5,10-11H,3,6-9,12H2,1-2H3,(H,23,30)(H2,24,25,27,31). The van der Waals surface area contributed by atoms with Crippen molar-refractivity contribution in [2.75, 3.05) is 50.0 Å². The van der Waals surface area contributed by atoms with E-state index in [-0.39, 0.29) is 11.5 Å². The number of urea groups is 1. The van der Waals surface area contributed by atoms with Gasteiger partial charge < -0.3 is 15.5 Å². The summed E-state index contributed by atoms with van der Waals surface area (Å²) in [5.41, 5.74) is 1.05. The number of halogens is 2. The highest BCUT2D eigenvalue weighted by Gasteiger charge is 2.21. The Balaban J connectivity index is 1.56. The van der Waals surface area contributed by atoms with E-state index in [0.29, 0.717) is 50.5 Å². The van der Waals surface area contributed by atoms with Crippen molar-refractivity contribution in [1.29, 1.82) is 0 Å². The molecule has 0 bridgehead atoms. The van der Waals surface area contributed by atoms with Crippen LogP contribution >= 0.6 is 0 Å². The molecule has 3 N–H and O–H groups in total. The SMILES string of the molecule is CCNC(=O)Nc1ncc(CN2CCN(c3ccc(C(=O)NC)nc3F)CC2)cc1F. The molecule has 0 radical (unpaired) electrons. The van der Waals surface area contributed by atoms with Crippen molar-refractivity contribution < 1.29 is 18.4 Å². The molecule has 3 heterocycles. The molecule has 3 rings (SSSR count). The van der Waals surface area contributed by atoms with Gasteiger partial charge in [0.1, 0.15) is 5.69 Å². The summed E-state index contributed by atoms with van der Waals surface area (Å²) in [6.07, 6.45) is 1.53. The van der Waals surface area contributed by atoms with E-state index in [9.17, 15) is 18.4 Å². The van der Waals surface area contributed by atoms with Gasteiger partial charge >= 0.3 is 6.03 Å². The number of hydrogen-bond acceptors (Lipinski definition) is 6. The smallest absolute Gasteiger partial charge is 0.320 e. The molecule has 2 aromatic rings. The molecule has 1 saturated heterocycles. The van der Waals surface area contributed by atoms with E-state index in [1.165, 1.54) is 25.4 Å². The maximum Gasteiger partial charge on any atom is 0.320 e. The van der Waals surface area contributed by atoms with Gasteiger partial charge in [-0.25, -0.2) is 19.2 Å². The second-order valence-corrected chi connectivity index (χ2v) is 7.01. The van der Waals surface area contributed by atoms with E-state index >= 15 is 0 Å². The fourth-order valence-electron chi connectivity index (χ4n) is 3.29. The molecule has 1 aliphatic heterocycles. The minimum absolute atomic E-state index is 0.0297. The molecule has 1 fully saturated rings. The Kier molecular flexibility index (Phi) is 7.29. The maximum absolute atomic E-state index is 14.4. The van der Waals surface area contributed by atoms with Gasteiger partial charge in [0, 0.05) is 52.5 Å². The normalized spacial score (nSPS) is 14.3. The van der Waals surface area contributed by atoms with Crippen LogP contribution in [0.1, 0.15) is 23.0 Å². The molecule has 1 aliphatic rings. The molecule has 0 unspecified atom stereocenters. The third-order valence-electron chi connectivity index (χ3n) is 4.87. The average Bonchev–Trinajstić information content (AvgIpc) is 2.76. The van der Waals surface area contributed by atoms with Crippen LogP contribution < -0.4 is 20.9 Å². The lowest BCUT2D eigenvalue weighted by atomic mass is 10.2. The number of rotatable bonds is 6. The van der Waals surface area contributed by atoms with Crippen LogP contribution in [-0.4, -0.2) is 66.6 Å². The summed E-state index contributed by atoms with van der Waals surface area (Å²) in [5.74, 6) is -1.85. The Bertz CT molecular complexity index is 949. The molecule has 0 aromatic carbocycles. The van der Waals surface area contributed by atoms with Gasteiger partial charge in [-0.3, -0.25) is 15.0 Å². The van der Waals surface area contributed by atoms with Gasteiger partial charge in [0.25, 0.3) is 5.91 Å². The maximum atomic E-state index is 14.4. The van der Waals surface area contributed by atoms with Crippen molar-refractivity contribution >= 4 is 23.4 Å². The predicted octanol–water partition coefficient (Wildman–Crippen LogP) is 1.58. The van der Waals surface area contributed by atoms with E-state index in [2.05, 4.69) is 30.8 Å². The highest BCUT2D eigenvalue weighted by molar-refractivity contribution is 5.92. The number of aromatic nitrogens is 2. The monoisotopic (exact) mass is 433 g/mol. The molecule has 0 spiro atoms. The van der Waals surface area contributed by atoms with Crippen LogP contribution in [0.4, 0.5) is 25.1 Å². The first kappa shape index (κ1) is 22.3. The topological polar surface area (TPSA) is 102 Å². The Morgan fingerprint density at radius 1 is 1.16 bits per heavy atom. The van der Waals surface area contributed by atoms with Crippen LogP contribution in [0.25, 0.3) is 0 Å². The molecule has 0 atom stereocenters. The molecule has 31 heavy (non-hydrogen) atoms. The summed E-state index contributed by atoms with van der Waals surface area (Å²) >= 11 is 0. The molecule has 0 aliphatic carbocycles. The number of carbonyl (C=O) groups excluding carboxylic acids is 2. The van der Waals surface area contributed by atoms with Gasteiger partial charge in [0.15, 0.2) is 11.6 Å². The lowest BCUT2D eigenvalue weighted by Crippen LogP contribution is -2.46. The Hall–Kier alpha value is -3.34. The number of hydrogen-bond donors (Lipinski definition) is 3. The number of nitrogens with one attached hydrogen (secondary N) is 3. The van der Waals surface area contributed by atoms with Gasteiger partial charge in [-0.05, 0) is 30.7 Å². The van der Waals surface area contributed by atoms with Crippen molar-refractivity contribution in [3.05, 3.63) is 47.4 Å². The number of pyridine rings is 2. The molecule has 11 heteroatoms. The van der Waals surface area contributed by atoms with Crippen molar-refractivity contribution in [2.45, 2.75) is 13.5 Å². The van der Waals surface area contributed by atoms with Gasteiger partial charge in [0.2, 0.25) is 5.95 Å². The summed E-state index contributed by atoms with van der Waals surface area (Å²) in [4.78, 5) is 34.8. The molecular weight excluding hydrogens is 408 g/mol. The van der Waals surface area contributed by atoms with E-state index < -0.39 is 23.7 Å². The summed E-state index contributed by atoms with van der Waals surface area (Å²) in [6.45, 7) is 5.06. The van der Waals surface area contributed by atoms with Crippen molar-refractivity contribution in [1.82, 2.24) is 25.5 Å². The number of nitrogens with zero attached hydrogens (tertiary/aromatic N) is 4. The zero-order valence-corrected chi connectivity index (χ0v) is 17.4. The zero-order valence-electron chi connectivity index (χ0n) is 17.4. The minimum atomic E-state index is -0.684. The first-order valence-corrected chi connectivity index (χ1v) is 9.96. The van der Waals surface area contributed by atoms with Crippen molar-refractivity contribution in [2.24, 2.45) is 0 Å². The minimum Gasteiger partial charge on any atom is -0.365 e. The fourth-order valence-corrected chi connectivity index (χ4v) is 3.29. The van der Waals surface area contributed by atoms with Gasteiger partial charge in [0.05, 0.1) is 5.69 Å². The summed E-state index contributed by atoms with van der Waals surface area (Å²) in [5, 5.41) is 7.29. The number of carbonyl (C=O) groups is 2. The molecule has 0 saturated carbocycles. The Morgan fingerprint density at radius 2 is 1.90 bits per heavy atom. The highest BCUT2D eigenvalue weighted by Crippen LogP contribution is 2.21. The van der Waals surface area contributed by atoms with E-state index in [1.807, 2.05) is 4.90 Å². The van der Waals surface area contributed by atoms with E-state index in [4.69, 9.17) is 0 Å². The second kappa shape index (κ2) is 10.1. The van der Waals surface area contributed by atoms with Crippen molar-refractivity contribution in [3.8, 4) is 0 Å². The highest BCUT2D eigenvalue weighted by atomic mass is 19.1. The first-order chi connectivity index (χ1) is 14.9. The molecule has 3 amide bonds. The van der Waals surface area contributed by atoms with Crippen LogP contribution in [-0.2, 0) is 6.54 Å². The van der Waals surface area contributed by atoms with E-state index in [0.717, 1.165) is 0 Å². The summed E-state index contributed by atoms with van der Waals surface area (Å²) in [6, 6.07) is 3.89. The van der Waals surface area contributed by atoms with Crippen LogP contribution in [0.3, 0.4) is 0 Å². The van der Waals surface area contributed by atoms with Crippen LogP contribution in [0.2, 0.25) is 0 Å². The largest absolute Gasteiger partial charge is 0.365 e. The van der Waals surface area contributed by atoms with Gasteiger partial charge in [-0.2, -0.15) is 4.39 Å². The first-order valence-electron chi connectivity index (χ1n) is 9.96. The lowest BCUT2D eigenvalue weighted by molar-refractivity contribution is 0.0957. The number of piperazine rings is 1. The van der Waals surface area contributed by atoms with Crippen LogP contribution in [0.5, 0.6) is 0 Å².